The second kappa shape index (κ2) is 7.46. The number of imidazole rings is 1. The topological polar surface area (TPSA) is 44.4 Å². The lowest BCUT2D eigenvalue weighted by molar-refractivity contribution is -0.0485. The molecule has 0 spiro atoms. The fourth-order valence-electron chi connectivity index (χ4n) is 4.63. The Morgan fingerprint density at radius 1 is 1.26 bits per heavy atom. The van der Waals surface area contributed by atoms with Gasteiger partial charge in [0, 0.05) is 23.7 Å². The zero-order chi connectivity index (χ0) is 21.8. The molecule has 2 aliphatic heterocycles. The van der Waals surface area contributed by atoms with Crippen LogP contribution >= 0.6 is 11.8 Å². The fraction of sp³-hybridized carbons (Fsp3) is 0.320. The molecule has 5 nitrogen and oxygen atoms in total. The highest BCUT2D eigenvalue weighted by Gasteiger charge is 2.47. The number of thioether (sulfide) groups is 1. The second-order valence-corrected chi connectivity index (χ2v) is 10.0. The molecular formula is C25H28N4OS. The molecule has 1 aromatic heterocycles. The van der Waals surface area contributed by atoms with Gasteiger partial charge < -0.3 is 9.72 Å². The maximum Gasteiger partial charge on any atom is 0.129 e. The molecule has 1 N–H and O–H groups in total. The van der Waals surface area contributed by atoms with Crippen LogP contribution in [-0.4, -0.2) is 39.0 Å². The Bertz CT molecular complexity index is 1200. The summed E-state index contributed by atoms with van der Waals surface area (Å²) >= 11 is 1.90. The average Bonchev–Trinajstić information content (AvgIpc) is 3.42. The number of aromatic amines is 1. The largest absolute Gasteiger partial charge is 0.497 e. The number of hydrogen-bond donors (Lipinski definition) is 1. The van der Waals surface area contributed by atoms with Gasteiger partial charge in [0.1, 0.15) is 11.6 Å². The quantitative estimate of drug-likeness (QED) is 0.539. The number of nitrogens with zero attached hydrogens (tertiary/aromatic N) is 3. The predicted molar refractivity (Wildman–Crippen MR) is 129 cm³/mol. The van der Waals surface area contributed by atoms with Crippen molar-refractivity contribution in [3.05, 3.63) is 77.8 Å². The van der Waals surface area contributed by atoms with E-state index < -0.39 is 0 Å². The van der Waals surface area contributed by atoms with E-state index in [-0.39, 0.29) is 5.54 Å². The lowest BCUT2D eigenvalue weighted by Gasteiger charge is -2.41. The molecule has 0 radical (unpaired) electrons. The van der Waals surface area contributed by atoms with E-state index in [0.717, 1.165) is 35.6 Å². The summed E-state index contributed by atoms with van der Waals surface area (Å²) in [6, 6.07) is 14.7. The van der Waals surface area contributed by atoms with Gasteiger partial charge in [0.05, 0.1) is 29.1 Å². The number of benzene rings is 2. The molecule has 2 atom stereocenters. The zero-order valence-electron chi connectivity index (χ0n) is 18.5. The highest BCUT2D eigenvalue weighted by Crippen LogP contribution is 2.47. The number of H-pyrrole nitrogens is 1. The van der Waals surface area contributed by atoms with Crippen molar-refractivity contribution < 1.29 is 4.74 Å². The number of aryl methyl sites for hydroxylation is 1. The lowest BCUT2D eigenvalue weighted by atomic mass is 9.97. The molecule has 1 saturated heterocycles. The summed E-state index contributed by atoms with van der Waals surface area (Å²) in [7, 11) is 1.69. The van der Waals surface area contributed by atoms with Crippen molar-refractivity contribution in [3.63, 3.8) is 0 Å². The molecule has 2 unspecified atom stereocenters. The number of rotatable bonds is 4. The van der Waals surface area contributed by atoms with Crippen LogP contribution in [0.25, 0.3) is 15.9 Å². The minimum Gasteiger partial charge on any atom is -0.497 e. The monoisotopic (exact) mass is 432 g/mol. The highest BCUT2D eigenvalue weighted by atomic mass is 32.2. The summed E-state index contributed by atoms with van der Waals surface area (Å²) in [4.78, 5) is 9.82. The Labute approximate surface area is 187 Å². The first-order valence-corrected chi connectivity index (χ1v) is 11.5. The van der Waals surface area contributed by atoms with Crippen molar-refractivity contribution >= 4 is 27.7 Å². The smallest absolute Gasteiger partial charge is 0.129 e. The first-order chi connectivity index (χ1) is 14.9. The van der Waals surface area contributed by atoms with Crippen LogP contribution in [0.5, 0.6) is 5.75 Å². The molecule has 0 saturated carbocycles. The van der Waals surface area contributed by atoms with Gasteiger partial charge in [0.25, 0.3) is 0 Å². The number of nitrogens with one attached hydrogen (secondary N) is 1. The standard InChI is InChI=1S/C25H28N4OS/c1-16-7-6-8-19(11-16)23-15-28(18(3)31-23)29-14-17(2)13-25(29,4)24-26-21-10-9-20(30-5)12-22(21)27-24/h6-12,15,18H,2,13-14H2,1,3-5H3,(H,26,27). The van der Waals surface area contributed by atoms with E-state index in [2.05, 4.69) is 72.8 Å². The molecule has 2 aliphatic rings. The zero-order valence-corrected chi connectivity index (χ0v) is 19.3. The summed E-state index contributed by atoms with van der Waals surface area (Å²) in [5.74, 6) is 1.79. The van der Waals surface area contributed by atoms with Crippen LogP contribution in [0.15, 0.2) is 60.8 Å². The van der Waals surface area contributed by atoms with Crippen LogP contribution in [0.3, 0.4) is 0 Å². The van der Waals surface area contributed by atoms with E-state index in [4.69, 9.17) is 9.72 Å². The van der Waals surface area contributed by atoms with E-state index in [1.54, 1.807) is 7.11 Å². The van der Waals surface area contributed by atoms with E-state index in [1.807, 2.05) is 30.0 Å². The van der Waals surface area contributed by atoms with Crippen molar-refractivity contribution in [2.45, 2.75) is 38.1 Å². The SMILES string of the molecule is C=C1CN(N2C=C(c3cccc(C)c3)SC2C)C(C)(c2nc3ccc(OC)cc3[nH]2)C1. The predicted octanol–water partition coefficient (Wildman–Crippen LogP) is 5.67. The van der Waals surface area contributed by atoms with Gasteiger partial charge in [0.15, 0.2) is 0 Å². The van der Waals surface area contributed by atoms with Gasteiger partial charge in [-0.2, -0.15) is 0 Å². The molecule has 160 valence electrons. The van der Waals surface area contributed by atoms with Gasteiger partial charge in [-0.3, -0.25) is 5.01 Å². The molecule has 3 aromatic rings. The van der Waals surface area contributed by atoms with Gasteiger partial charge in [-0.05, 0) is 44.9 Å². The lowest BCUT2D eigenvalue weighted by Crippen LogP contribution is -2.50. The third-order valence-corrected chi connectivity index (χ3v) is 7.39. The number of hydrogen-bond acceptors (Lipinski definition) is 5. The minimum absolute atomic E-state index is 0.295. The third kappa shape index (κ3) is 3.44. The van der Waals surface area contributed by atoms with Gasteiger partial charge in [-0.15, -0.1) is 0 Å². The number of ether oxygens (including phenoxy) is 1. The van der Waals surface area contributed by atoms with Crippen LogP contribution in [0, 0.1) is 6.92 Å². The average molecular weight is 433 g/mol. The molecular weight excluding hydrogens is 404 g/mol. The van der Waals surface area contributed by atoms with Crippen LogP contribution < -0.4 is 4.74 Å². The maximum absolute atomic E-state index is 5.39. The van der Waals surface area contributed by atoms with Crippen molar-refractivity contribution in [2.24, 2.45) is 0 Å². The molecule has 31 heavy (non-hydrogen) atoms. The Kier molecular flexibility index (Phi) is 4.87. The van der Waals surface area contributed by atoms with Crippen molar-refractivity contribution in [3.8, 4) is 5.75 Å². The Hall–Kier alpha value is -2.70. The molecule has 0 amide bonds. The molecule has 3 heterocycles. The van der Waals surface area contributed by atoms with Crippen molar-refractivity contribution in [2.75, 3.05) is 13.7 Å². The van der Waals surface area contributed by atoms with Crippen molar-refractivity contribution in [1.29, 1.82) is 0 Å². The first kappa shape index (κ1) is 20.2. The van der Waals surface area contributed by atoms with E-state index >= 15 is 0 Å². The summed E-state index contributed by atoms with van der Waals surface area (Å²) in [5, 5.41) is 5.09. The van der Waals surface area contributed by atoms with Gasteiger partial charge in [-0.1, -0.05) is 53.7 Å². The van der Waals surface area contributed by atoms with E-state index in [1.165, 1.54) is 21.6 Å². The summed E-state index contributed by atoms with van der Waals surface area (Å²) in [5.41, 5.74) is 5.42. The first-order valence-electron chi connectivity index (χ1n) is 10.6. The Balaban J connectivity index is 1.53. The molecule has 1 fully saturated rings. The maximum atomic E-state index is 5.39. The number of aromatic nitrogens is 2. The summed E-state index contributed by atoms with van der Waals surface area (Å²) < 4.78 is 5.39. The molecule has 0 bridgehead atoms. The van der Waals surface area contributed by atoms with Crippen LogP contribution in [0.2, 0.25) is 0 Å². The van der Waals surface area contributed by atoms with Gasteiger partial charge >= 0.3 is 0 Å². The fourth-order valence-corrected chi connectivity index (χ4v) is 5.72. The van der Waals surface area contributed by atoms with E-state index in [0.29, 0.717) is 5.37 Å². The van der Waals surface area contributed by atoms with Crippen molar-refractivity contribution in [1.82, 2.24) is 20.0 Å². The molecule has 5 rings (SSSR count). The molecule has 2 aromatic carbocycles. The Morgan fingerprint density at radius 2 is 2.10 bits per heavy atom. The van der Waals surface area contributed by atoms with Crippen LogP contribution in [-0.2, 0) is 5.54 Å². The minimum atomic E-state index is -0.295. The number of hydrazine groups is 1. The van der Waals surface area contributed by atoms with E-state index in [9.17, 15) is 0 Å². The molecule has 0 aliphatic carbocycles. The number of fused-ring (bicyclic) bond motifs is 1. The van der Waals surface area contributed by atoms with Crippen LogP contribution in [0.4, 0.5) is 0 Å². The second-order valence-electron chi connectivity index (χ2n) is 8.69. The molecule has 6 heteroatoms. The van der Waals surface area contributed by atoms with Crippen LogP contribution in [0.1, 0.15) is 37.2 Å². The normalized spacial score (nSPS) is 24.3. The third-order valence-electron chi connectivity index (χ3n) is 6.24. The highest BCUT2D eigenvalue weighted by molar-refractivity contribution is 8.09. The summed E-state index contributed by atoms with van der Waals surface area (Å²) in [6.07, 6.45) is 3.15. The Morgan fingerprint density at radius 3 is 2.87 bits per heavy atom. The summed E-state index contributed by atoms with van der Waals surface area (Å²) in [6.45, 7) is 11.8. The van der Waals surface area contributed by atoms with Gasteiger partial charge in [-0.25, -0.2) is 9.99 Å². The number of methoxy groups -OCH3 is 1. The van der Waals surface area contributed by atoms with Gasteiger partial charge in [0.2, 0.25) is 0 Å².